The van der Waals surface area contributed by atoms with Crippen LogP contribution >= 0.6 is 11.3 Å². The fourth-order valence-corrected chi connectivity index (χ4v) is 4.46. The van der Waals surface area contributed by atoms with Crippen LogP contribution in [0.15, 0.2) is 24.3 Å². The van der Waals surface area contributed by atoms with E-state index in [1.54, 1.807) is 11.5 Å². The molecule has 130 valence electrons. The van der Waals surface area contributed by atoms with E-state index in [-0.39, 0.29) is 0 Å². The number of hydrogen-bond donors (Lipinski definition) is 4. The molecule has 1 amide bonds. The van der Waals surface area contributed by atoms with E-state index in [1.165, 1.54) is 42.6 Å². The minimum absolute atomic E-state index is 0.455. The van der Waals surface area contributed by atoms with Crippen molar-refractivity contribution < 1.29 is 10.0 Å². The predicted molar refractivity (Wildman–Crippen MR) is 97.3 cm³/mol. The minimum atomic E-state index is -0.455. The number of carbonyl (C=O) groups excluding carboxylic acids is 1. The molecule has 6 heteroatoms. The molecule has 1 aromatic carbocycles. The molecule has 1 fully saturated rings. The highest BCUT2D eigenvalue weighted by Gasteiger charge is 2.19. The number of rotatable bonds is 6. The maximum absolute atomic E-state index is 11.5. The number of carbonyl (C=O) groups is 1. The van der Waals surface area contributed by atoms with Crippen LogP contribution in [0.3, 0.4) is 0 Å². The van der Waals surface area contributed by atoms with Gasteiger partial charge < -0.3 is 11.1 Å². The second kappa shape index (κ2) is 8.07. The fourth-order valence-electron chi connectivity index (χ4n) is 3.44. The number of fused-ring (bicyclic) bond motifs is 1. The van der Waals surface area contributed by atoms with Crippen molar-refractivity contribution in [3.63, 3.8) is 0 Å². The summed E-state index contributed by atoms with van der Waals surface area (Å²) < 4.78 is 1.07. The van der Waals surface area contributed by atoms with Crippen molar-refractivity contribution in [2.45, 2.75) is 32.2 Å². The summed E-state index contributed by atoms with van der Waals surface area (Å²) in [5.41, 5.74) is 8.65. The van der Waals surface area contributed by atoms with Gasteiger partial charge in [-0.3, -0.25) is 10.0 Å². The second-order valence-corrected chi connectivity index (χ2v) is 7.76. The van der Waals surface area contributed by atoms with Crippen LogP contribution < -0.4 is 16.5 Å². The predicted octanol–water partition coefficient (Wildman–Crippen LogP) is 2.88. The van der Waals surface area contributed by atoms with Gasteiger partial charge in [-0.15, -0.1) is 11.3 Å². The number of hydroxylamine groups is 1. The van der Waals surface area contributed by atoms with Crippen molar-refractivity contribution in [1.82, 2.24) is 10.8 Å². The van der Waals surface area contributed by atoms with Gasteiger partial charge in [0.1, 0.15) is 0 Å². The van der Waals surface area contributed by atoms with E-state index < -0.39 is 5.91 Å². The van der Waals surface area contributed by atoms with E-state index in [0.29, 0.717) is 4.88 Å². The van der Waals surface area contributed by atoms with Gasteiger partial charge >= 0.3 is 0 Å². The number of hydrogen-bond acceptors (Lipinski definition) is 5. The Bertz CT molecular complexity index is 693. The Kier molecular flexibility index (Phi) is 5.84. The molecule has 0 radical (unpaired) electrons. The largest absolute Gasteiger partial charge is 0.330 e. The van der Waals surface area contributed by atoms with Crippen molar-refractivity contribution in [3.8, 4) is 0 Å². The summed E-state index contributed by atoms with van der Waals surface area (Å²) in [6, 6.07) is 8.04. The summed E-state index contributed by atoms with van der Waals surface area (Å²) >= 11 is 1.40. The zero-order valence-electron chi connectivity index (χ0n) is 13.8. The van der Waals surface area contributed by atoms with E-state index in [0.717, 1.165) is 41.6 Å². The van der Waals surface area contributed by atoms with Crippen LogP contribution in [0.5, 0.6) is 0 Å². The van der Waals surface area contributed by atoms with Crippen molar-refractivity contribution >= 4 is 27.3 Å². The van der Waals surface area contributed by atoms with Crippen LogP contribution in [0.25, 0.3) is 10.1 Å². The summed E-state index contributed by atoms with van der Waals surface area (Å²) in [7, 11) is 0. The Morgan fingerprint density at radius 2 is 1.96 bits per heavy atom. The summed E-state index contributed by atoms with van der Waals surface area (Å²) in [6.45, 7) is 2.72. The molecule has 2 aromatic rings. The average molecular weight is 347 g/mol. The number of nitrogens with two attached hydrogens (primary N) is 1. The zero-order chi connectivity index (χ0) is 16.9. The molecular formula is C18H25N3O2S. The molecule has 5 N–H and O–H groups in total. The van der Waals surface area contributed by atoms with Crippen molar-refractivity contribution in [3.05, 3.63) is 34.7 Å². The van der Waals surface area contributed by atoms with E-state index in [1.807, 2.05) is 6.07 Å². The SMILES string of the molecule is NCC1CCC(CNCc2ccc3cc(C(=O)NO)sc3c2)CC1. The molecule has 0 aliphatic heterocycles. The monoisotopic (exact) mass is 347 g/mol. The highest BCUT2D eigenvalue weighted by atomic mass is 32.1. The third-order valence-electron chi connectivity index (χ3n) is 4.97. The molecule has 3 rings (SSSR count). The summed E-state index contributed by atoms with van der Waals surface area (Å²) in [6.07, 6.45) is 5.08. The number of thiophene rings is 1. The minimum Gasteiger partial charge on any atom is -0.330 e. The number of amides is 1. The normalized spacial score (nSPS) is 21.1. The molecule has 1 aromatic heterocycles. The molecule has 0 bridgehead atoms. The van der Waals surface area contributed by atoms with Gasteiger partial charge in [0.25, 0.3) is 5.91 Å². The van der Waals surface area contributed by atoms with E-state index in [2.05, 4.69) is 17.4 Å². The quantitative estimate of drug-likeness (QED) is 0.478. The Labute approximate surface area is 146 Å². The second-order valence-electron chi connectivity index (χ2n) is 6.68. The van der Waals surface area contributed by atoms with Crippen LogP contribution in [0.2, 0.25) is 0 Å². The Morgan fingerprint density at radius 1 is 1.21 bits per heavy atom. The van der Waals surface area contributed by atoms with E-state index in [9.17, 15) is 4.79 Å². The fraction of sp³-hybridized carbons (Fsp3) is 0.500. The summed E-state index contributed by atoms with van der Waals surface area (Å²) in [4.78, 5) is 12.0. The lowest BCUT2D eigenvalue weighted by Crippen LogP contribution is -2.28. The highest BCUT2D eigenvalue weighted by molar-refractivity contribution is 7.20. The van der Waals surface area contributed by atoms with Gasteiger partial charge in [-0.2, -0.15) is 0 Å². The van der Waals surface area contributed by atoms with Crippen LogP contribution in [0.1, 0.15) is 40.9 Å². The molecule has 0 saturated heterocycles. The molecule has 0 unspecified atom stereocenters. The van der Waals surface area contributed by atoms with Gasteiger partial charge in [-0.1, -0.05) is 12.1 Å². The Balaban J connectivity index is 1.53. The van der Waals surface area contributed by atoms with Crippen LogP contribution in [0.4, 0.5) is 0 Å². The van der Waals surface area contributed by atoms with Gasteiger partial charge in [0.05, 0.1) is 4.88 Å². The van der Waals surface area contributed by atoms with Crippen molar-refractivity contribution in [2.75, 3.05) is 13.1 Å². The lowest BCUT2D eigenvalue weighted by Gasteiger charge is -2.27. The maximum Gasteiger partial charge on any atom is 0.284 e. The Morgan fingerprint density at radius 3 is 2.67 bits per heavy atom. The lowest BCUT2D eigenvalue weighted by molar-refractivity contribution is 0.0711. The molecule has 5 nitrogen and oxygen atoms in total. The first-order chi connectivity index (χ1) is 11.7. The molecule has 0 atom stereocenters. The van der Waals surface area contributed by atoms with Gasteiger partial charge in [-0.25, -0.2) is 5.48 Å². The third-order valence-corrected chi connectivity index (χ3v) is 6.07. The van der Waals surface area contributed by atoms with E-state index >= 15 is 0 Å². The average Bonchev–Trinajstić information content (AvgIpc) is 3.05. The smallest absolute Gasteiger partial charge is 0.284 e. The third kappa shape index (κ3) is 4.13. The summed E-state index contributed by atoms with van der Waals surface area (Å²) in [5, 5.41) is 13.3. The topological polar surface area (TPSA) is 87.4 Å². The van der Waals surface area contributed by atoms with Crippen LogP contribution in [-0.4, -0.2) is 24.2 Å². The van der Waals surface area contributed by atoms with Gasteiger partial charge in [0, 0.05) is 11.2 Å². The first-order valence-corrected chi connectivity index (χ1v) is 9.39. The molecule has 1 heterocycles. The molecular weight excluding hydrogens is 322 g/mol. The molecule has 1 saturated carbocycles. The van der Waals surface area contributed by atoms with Gasteiger partial charge in [0.2, 0.25) is 0 Å². The van der Waals surface area contributed by atoms with Crippen molar-refractivity contribution in [2.24, 2.45) is 17.6 Å². The van der Waals surface area contributed by atoms with Gasteiger partial charge in [-0.05, 0) is 73.7 Å². The molecule has 0 spiro atoms. The molecule has 1 aliphatic carbocycles. The van der Waals surface area contributed by atoms with Gasteiger partial charge in [0.15, 0.2) is 0 Å². The maximum atomic E-state index is 11.5. The first-order valence-electron chi connectivity index (χ1n) is 8.57. The Hall–Kier alpha value is -1.47. The highest BCUT2D eigenvalue weighted by Crippen LogP contribution is 2.28. The number of benzene rings is 1. The molecule has 1 aliphatic rings. The van der Waals surface area contributed by atoms with Crippen LogP contribution in [-0.2, 0) is 6.54 Å². The zero-order valence-corrected chi connectivity index (χ0v) is 14.6. The standard InChI is InChI=1S/C18H25N3O2S/c19-9-12-1-3-13(4-2-12)10-20-11-14-5-6-15-8-17(18(22)21-23)24-16(15)7-14/h5-8,12-13,20,23H,1-4,9-11,19H2,(H,21,22). The summed E-state index contributed by atoms with van der Waals surface area (Å²) in [5.74, 6) is 1.04. The molecule has 24 heavy (non-hydrogen) atoms. The van der Waals surface area contributed by atoms with Crippen LogP contribution in [0, 0.1) is 11.8 Å². The number of nitrogens with one attached hydrogen (secondary N) is 2. The first kappa shape index (κ1) is 17.4. The van der Waals surface area contributed by atoms with Crippen molar-refractivity contribution in [1.29, 1.82) is 0 Å². The van der Waals surface area contributed by atoms with E-state index in [4.69, 9.17) is 10.9 Å². The lowest BCUT2D eigenvalue weighted by atomic mass is 9.82.